The van der Waals surface area contributed by atoms with E-state index >= 15 is 0 Å². The van der Waals surface area contributed by atoms with Gasteiger partial charge in [0.05, 0.1) is 13.3 Å². The van der Waals surface area contributed by atoms with Gasteiger partial charge in [-0.05, 0) is 30.3 Å². The van der Waals surface area contributed by atoms with Crippen molar-refractivity contribution < 1.29 is 13.9 Å². The Morgan fingerprint density at radius 2 is 2.09 bits per heavy atom. The average molecular weight is 373 g/mol. The third-order valence-corrected chi connectivity index (χ3v) is 3.94. The first-order valence-electron chi connectivity index (χ1n) is 6.83. The zero-order valence-corrected chi connectivity index (χ0v) is 13.8. The lowest BCUT2D eigenvalue weighted by atomic mass is 10.2. The highest BCUT2D eigenvalue weighted by molar-refractivity contribution is 9.10. The van der Waals surface area contributed by atoms with Crippen LogP contribution < -0.4 is 10.2 Å². The third kappa shape index (κ3) is 3.43. The van der Waals surface area contributed by atoms with E-state index in [4.69, 9.17) is 9.15 Å². The summed E-state index contributed by atoms with van der Waals surface area (Å²) in [7, 11) is 1.59. The van der Waals surface area contributed by atoms with E-state index < -0.39 is 5.91 Å². The van der Waals surface area contributed by atoms with Gasteiger partial charge in [-0.25, -0.2) is 5.43 Å². The van der Waals surface area contributed by atoms with Crippen molar-refractivity contribution in [1.82, 2.24) is 5.43 Å². The van der Waals surface area contributed by atoms with Gasteiger partial charge in [0, 0.05) is 15.4 Å². The highest BCUT2D eigenvalue weighted by Gasteiger charge is 2.11. The lowest BCUT2D eigenvalue weighted by Gasteiger charge is -2.02. The molecule has 1 aromatic heterocycles. The van der Waals surface area contributed by atoms with Crippen molar-refractivity contribution in [3.8, 4) is 5.75 Å². The molecule has 0 aliphatic carbocycles. The second-order valence-corrected chi connectivity index (χ2v) is 5.59. The van der Waals surface area contributed by atoms with E-state index in [2.05, 4.69) is 26.5 Å². The van der Waals surface area contributed by atoms with Gasteiger partial charge in [-0.3, -0.25) is 4.79 Å². The normalized spacial score (nSPS) is 11.0. The molecule has 5 nitrogen and oxygen atoms in total. The predicted molar refractivity (Wildman–Crippen MR) is 92.0 cm³/mol. The van der Waals surface area contributed by atoms with Gasteiger partial charge in [0.2, 0.25) is 0 Å². The summed E-state index contributed by atoms with van der Waals surface area (Å²) in [5.74, 6) is 0.516. The molecule has 1 amide bonds. The Hall–Kier alpha value is -2.60. The largest absolute Gasteiger partial charge is 0.497 e. The molecule has 1 N–H and O–H groups in total. The number of hydrazone groups is 1. The monoisotopic (exact) mass is 372 g/mol. The van der Waals surface area contributed by atoms with Crippen molar-refractivity contribution in [2.75, 3.05) is 7.11 Å². The van der Waals surface area contributed by atoms with Crippen LogP contribution in [0.25, 0.3) is 11.0 Å². The number of benzene rings is 2. The van der Waals surface area contributed by atoms with Crippen LogP contribution in [0.15, 0.2) is 62.5 Å². The predicted octanol–water partition coefficient (Wildman–Crippen LogP) is 3.97. The van der Waals surface area contributed by atoms with Gasteiger partial charge < -0.3 is 9.15 Å². The summed E-state index contributed by atoms with van der Waals surface area (Å²) in [4.78, 5) is 12.1. The smallest absolute Gasteiger partial charge is 0.307 e. The number of para-hydroxylation sites is 1. The molecule has 0 radical (unpaired) electrons. The van der Waals surface area contributed by atoms with E-state index in [0.717, 1.165) is 15.4 Å². The van der Waals surface area contributed by atoms with Gasteiger partial charge in [0.15, 0.2) is 5.76 Å². The second-order valence-electron chi connectivity index (χ2n) is 4.74. The summed E-state index contributed by atoms with van der Waals surface area (Å²) >= 11 is 3.42. The highest BCUT2D eigenvalue weighted by Crippen LogP contribution is 2.21. The van der Waals surface area contributed by atoms with E-state index in [9.17, 15) is 4.79 Å². The van der Waals surface area contributed by atoms with E-state index in [0.29, 0.717) is 11.3 Å². The summed E-state index contributed by atoms with van der Waals surface area (Å²) in [6, 6.07) is 14.6. The van der Waals surface area contributed by atoms with Crippen LogP contribution in [-0.2, 0) is 0 Å². The maximum atomic E-state index is 12.1. The molecule has 116 valence electrons. The van der Waals surface area contributed by atoms with Crippen LogP contribution in [0.1, 0.15) is 16.1 Å². The quantitative estimate of drug-likeness (QED) is 0.556. The molecule has 0 atom stereocenters. The lowest BCUT2D eigenvalue weighted by molar-refractivity contribution is 0.0929. The first kappa shape index (κ1) is 15.3. The number of furan rings is 1. The van der Waals surface area contributed by atoms with Gasteiger partial charge in [0.1, 0.15) is 11.3 Å². The summed E-state index contributed by atoms with van der Waals surface area (Å²) in [5.41, 5.74) is 3.90. The van der Waals surface area contributed by atoms with Gasteiger partial charge in [-0.2, -0.15) is 5.10 Å². The van der Waals surface area contributed by atoms with Gasteiger partial charge in [-0.15, -0.1) is 0 Å². The molecule has 6 heteroatoms. The molecule has 0 spiro atoms. The molecule has 0 aliphatic rings. The molecule has 0 unspecified atom stereocenters. The van der Waals surface area contributed by atoms with E-state index in [-0.39, 0.29) is 5.76 Å². The Kier molecular flexibility index (Phi) is 4.43. The topological polar surface area (TPSA) is 63.8 Å². The zero-order chi connectivity index (χ0) is 16.2. The molecule has 23 heavy (non-hydrogen) atoms. The van der Waals surface area contributed by atoms with E-state index in [1.165, 1.54) is 6.21 Å². The molecular weight excluding hydrogens is 360 g/mol. The number of nitrogens with one attached hydrogen (secondary N) is 1. The van der Waals surface area contributed by atoms with Gasteiger partial charge in [-0.1, -0.05) is 34.1 Å². The third-order valence-electron chi connectivity index (χ3n) is 3.22. The molecule has 3 aromatic rings. The number of carbonyl (C=O) groups excluding carboxylic acids is 1. The molecule has 0 saturated carbocycles. The van der Waals surface area contributed by atoms with E-state index in [1.54, 1.807) is 19.2 Å². The molecule has 0 aliphatic heterocycles. The van der Waals surface area contributed by atoms with Crippen LogP contribution in [0.2, 0.25) is 0 Å². The maximum absolute atomic E-state index is 12.1. The molecule has 0 saturated heterocycles. The number of halogens is 1. The van der Waals surface area contributed by atoms with Crippen LogP contribution in [0.3, 0.4) is 0 Å². The number of amides is 1. The number of methoxy groups -OCH3 is 1. The number of fused-ring (bicyclic) bond motifs is 1. The van der Waals surface area contributed by atoms with Crippen LogP contribution >= 0.6 is 15.9 Å². The summed E-state index contributed by atoms with van der Waals surface area (Å²) in [5, 5.41) is 4.83. The van der Waals surface area contributed by atoms with Gasteiger partial charge >= 0.3 is 5.91 Å². The van der Waals surface area contributed by atoms with Crippen molar-refractivity contribution >= 4 is 39.0 Å². The number of hydrogen-bond donors (Lipinski definition) is 1. The van der Waals surface area contributed by atoms with Crippen LogP contribution in [0.5, 0.6) is 5.75 Å². The van der Waals surface area contributed by atoms with Crippen molar-refractivity contribution in [3.05, 3.63) is 64.3 Å². The Bertz CT molecular complexity index is 853. The number of ether oxygens (including phenoxy) is 1. The van der Waals surface area contributed by atoms with Crippen LogP contribution in [0.4, 0.5) is 0 Å². The average Bonchev–Trinajstić information content (AvgIpc) is 3.00. The van der Waals surface area contributed by atoms with Crippen molar-refractivity contribution in [3.63, 3.8) is 0 Å². The minimum absolute atomic E-state index is 0.216. The second kappa shape index (κ2) is 6.66. The summed E-state index contributed by atoms with van der Waals surface area (Å²) in [6.07, 6.45) is 1.53. The SMILES string of the molecule is COc1ccc(Br)c(/C=N\NC(=O)c2cc3ccccc3o2)c1. The first-order chi connectivity index (χ1) is 11.2. The summed E-state index contributed by atoms with van der Waals surface area (Å²) < 4.78 is 11.5. The number of carbonyl (C=O) groups is 1. The Balaban J connectivity index is 1.73. The fourth-order valence-corrected chi connectivity index (χ4v) is 2.41. The fourth-order valence-electron chi connectivity index (χ4n) is 2.06. The molecule has 0 bridgehead atoms. The highest BCUT2D eigenvalue weighted by atomic mass is 79.9. The molecule has 3 rings (SSSR count). The van der Waals surface area contributed by atoms with Crippen LogP contribution in [0, 0.1) is 0 Å². The molecule has 0 fully saturated rings. The Morgan fingerprint density at radius 1 is 1.26 bits per heavy atom. The zero-order valence-electron chi connectivity index (χ0n) is 12.2. The van der Waals surface area contributed by atoms with Crippen molar-refractivity contribution in [1.29, 1.82) is 0 Å². The minimum atomic E-state index is -0.406. The number of nitrogens with zero attached hydrogens (tertiary/aromatic N) is 1. The molecular formula is C17H13BrN2O3. The fraction of sp³-hybridized carbons (Fsp3) is 0.0588. The standard InChI is InChI=1S/C17H13BrN2O3/c1-22-13-6-7-14(18)12(8-13)10-19-20-17(21)16-9-11-4-2-3-5-15(11)23-16/h2-10H,1H3,(H,20,21)/b19-10-. The lowest BCUT2D eigenvalue weighted by Crippen LogP contribution is -2.16. The first-order valence-corrected chi connectivity index (χ1v) is 7.62. The van der Waals surface area contributed by atoms with Crippen molar-refractivity contribution in [2.24, 2.45) is 5.10 Å². The summed E-state index contributed by atoms with van der Waals surface area (Å²) in [6.45, 7) is 0. The molecule has 1 heterocycles. The Labute approximate surface area is 141 Å². The maximum Gasteiger partial charge on any atom is 0.307 e. The van der Waals surface area contributed by atoms with E-state index in [1.807, 2.05) is 36.4 Å². The molecule has 2 aromatic carbocycles. The van der Waals surface area contributed by atoms with Gasteiger partial charge in [0.25, 0.3) is 0 Å². The number of rotatable bonds is 4. The number of hydrogen-bond acceptors (Lipinski definition) is 4. The Morgan fingerprint density at radius 3 is 2.87 bits per heavy atom. The van der Waals surface area contributed by atoms with Crippen molar-refractivity contribution in [2.45, 2.75) is 0 Å². The minimum Gasteiger partial charge on any atom is -0.497 e. The van der Waals surface area contributed by atoms with Crippen LogP contribution in [-0.4, -0.2) is 19.2 Å².